The molecule has 3 N–H and O–H groups in total. The lowest BCUT2D eigenvalue weighted by Crippen LogP contribution is -2.46. The molecule has 29 heavy (non-hydrogen) atoms. The summed E-state index contributed by atoms with van der Waals surface area (Å²) in [5.41, 5.74) is 6.42. The van der Waals surface area contributed by atoms with Crippen LogP contribution in [0.15, 0.2) is 17.1 Å². The molecular weight excluding hydrogens is 406 g/mol. The number of aliphatic hydroxyl groups excluding tert-OH is 1. The normalized spacial score (nSPS) is 30.7. The maximum atomic E-state index is 12.5. The van der Waals surface area contributed by atoms with Crippen LogP contribution >= 0.6 is 0 Å². The van der Waals surface area contributed by atoms with Crippen molar-refractivity contribution in [3.63, 3.8) is 0 Å². The van der Waals surface area contributed by atoms with Gasteiger partial charge in [0.15, 0.2) is 22.9 Å². The second-order valence-electron chi connectivity index (χ2n) is 9.75. The number of ether oxygens (including phenoxy) is 1. The summed E-state index contributed by atoms with van der Waals surface area (Å²) in [6.45, 7) is 9.09. The number of nitrogen functional groups attached to an aromatic ring is 1. The molecule has 0 bridgehead atoms. The Labute approximate surface area is 173 Å². The Hall–Kier alpha value is -1.05. The molecule has 0 radical (unpaired) electrons. The first-order valence-electron chi connectivity index (χ1n) is 10.6. The third-order valence-electron chi connectivity index (χ3n) is 6.62. The number of nitrogens with zero attached hydrogens (tertiary/aromatic N) is 2. The highest BCUT2D eigenvalue weighted by atomic mass is 28.4. The van der Waals surface area contributed by atoms with E-state index in [1.54, 1.807) is 12.3 Å². The molecule has 3 fully saturated rings. The van der Waals surface area contributed by atoms with Gasteiger partial charge in [0.05, 0.1) is 6.61 Å². The Kier molecular flexibility index (Phi) is 5.54. The van der Waals surface area contributed by atoms with Crippen molar-refractivity contribution in [1.29, 1.82) is 0 Å². The molecule has 2 aliphatic carbocycles. The van der Waals surface area contributed by atoms with Crippen LogP contribution in [0.1, 0.15) is 31.9 Å². The molecule has 1 aliphatic heterocycles. The van der Waals surface area contributed by atoms with E-state index >= 15 is 0 Å². The van der Waals surface area contributed by atoms with Crippen LogP contribution in [0.4, 0.5) is 5.82 Å². The fourth-order valence-corrected chi connectivity index (χ4v) is 9.34. The maximum Gasteiger partial charge on any atom is 0.351 e. The maximum absolute atomic E-state index is 12.5. The van der Waals surface area contributed by atoms with Crippen LogP contribution in [0.25, 0.3) is 0 Å². The molecular formula is C19H33N3O5Si2. The third kappa shape index (κ3) is 4.52. The van der Waals surface area contributed by atoms with E-state index < -0.39 is 46.9 Å². The van der Waals surface area contributed by atoms with E-state index in [1.165, 1.54) is 30.3 Å². The van der Waals surface area contributed by atoms with Crippen LogP contribution < -0.4 is 11.4 Å². The number of nitrogens with two attached hydrogens (primary N) is 1. The van der Waals surface area contributed by atoms with Gasteiger partial charge in [0, 0.05) is 6.20 Å². The van der Waals surface area contributed by atoms with Gasteiger partial charge in [-0.2, -0.15) is 4.98 Å². The summed E-state index contributed by atoms with van der Waals surface area (Å²) in [5, 5.41) is 11.1. The molecule has 162 valence electrons. The van der Waals surface area contributed by atoms with Gasteiger partial charge in [-0.25, -0.2) is 4.79 Å². The monoisotopic (exact) mass is 439 g/mol. The van der Waals surface area contributed by atoms with Crippen molar-refractivity contribution in [3.05, 3.63) is 22.7 Å². The summed E-state index contributed by atoms with van der Waals surface area (Å²) in [6, 6.07) is 1.56. The number of hydrogen-bond acceptors (Lipinski definition) is 7. The molecule has 8 nitrogen and oxygen atoms in total. The Morgan fingerprint density at radius 1 is 1.21 bits per heavy atom. The van der Waals surface area contributed by atoms with Gasteiger partial charge >= 0.3 is 5.69 Å². The highest BCUT2D eigenvalue weighted by Gasteiger charge is 2.52. The van der Waals surface area contributed by atoms with E-state index in [0.717, 1.165) is 0 Å². The lowest BCUT2D eigenvalue weighted by molar-refractivity contribution is -0.0506. The number of hydrogen-bond donors (Lipinski definition) is 2. The highest BCUT2D eigenvalue weighted by Crippen LogP contribution is 2.48. The zero-order chi connectivity index (χ0) is 21.0. The largest absolute Gasteiger partial charge is 0.414 e. The van der Waals surface area contributed by atoms with Crippen molar-refractivity contribution in [3.8, 4) is 0 Å². The zero-order valence-corrected chi connectivity index (χ0v) is 19.7. The van der Waals surface area contributed by atoms with Crippen LogP contribution in [-0.4, -0.2) is 56.2 Å². The van der Waals surface area contributed by atoms with Crippen molar-refractivity contribution >= 4 is 22.5 Å². The van der Waals surface area contributed by atoms with Crippen LogP contribution in [-0.2, 0) is 13.6 Å². The van der Waals surface area contributed by atoms with E-state index in [9.17, 15) is 9.90 Å². The number of aliphatic hydroxyl groups is 1. The van der Waals surface area contributed by atoms with Gasteiger partial charge in [-0.05, 0) is 43.3 Å². The number of rotatable bonds is 8. The first kappa shape index (κ1) is 21.2. The van der Waals surface area contributed by atoms with E-state index in [4.69, 9.17) is 19.3 Å². The quantitative estimate of drug-likeness (QED) is 0.598. The van der Waals surface area contributed by atoms with Gasteiger partial charge < -0.3 is 24.4 Å². The SMILES string of the molecule is C[Si](C)(OCC1OC(n2ccc(N)nc2=O)C(O[Si](C)(C)C2CC2)C1O)C1CC1. The summed E-state index contributed by atoms with van der Waals surface area (Å²) in [7, 11) is -3.79. The van der Waals surface area contributed by atoms with Crippen LogP contribution in [0.5, 0.6) is 0 Å². The minimum Gasteiger partial charge on any atom is -0.414 e. The van der Waals surface area contributed by atoms with Crippen LogP contribution in [0.3, 0.4) is 0 Å². The summed E-state index contributed by atoms with van der Waals surface area (Å²) in [6.07, 6.45) is 3.61. The predicted molar refractivity (Wildman–Crippen MR) is 115 cm³/mol. The standard InChI is InChI=1S/C19H33N3O5Si2/c1-28(2,12-5-6-12)25-11-14-16(23)17(27-29(3,4)13-7-8-13)18(26-14)22-10-9-15(20)21-19(22)24/h9-10,12-14,16-18,23H,5-8,11H2,1-4H3,(H2,20,21,24). The first-order chi connectivity index (χ1) is 13.6. The van der Waals surface area contributed by atoms with Crippen molar-refractivity contribution in [2.45, 2.75) is 87.5 Å². The van der Waals surface area contributed by atoms with Gasteiger partial charge in [0.1, 0.15) is 24.1 Å². The average molecular weight is 440 g/mol. The smallest absolute Gasteiger partial charge is 0.351 e. The molecule has 4 unspecified atom stereocenters. The fraction of sp³-hybridized carbons (Fsp3) is 0.789. The van der Waals surface area contributed by atoms with Gasteiger partial charge in [0.25, 0.3) is 0 Å². The predicted octanol–water partition coefficient (Wildman–Crippen LogP) is 2.22. The number of aromatic nitrogens is 2. The molecule has 2 heterocycles. The highest BCUT2D eigenvalue weighted by molar-refractivity contribution is 6.73. The van der Waals surface area contributed by atoms with E-state index in [0.29, 0.717) is 17.7 Å². The molecule has 0 amide bonds. The van der Waals surface area contributed by atoms with Gasteiger partial charge in [-0.3, -0.25) is 4.57 Å². The lowest BCUT2D eigenvalue weighted by atomic mass is 10.1. The van der Waals surface area contributed by atoms with Crippen molar-refractivity contribution in [2.24, 2.45) is 0 Å². The lowest BCUT2D eigenvalue weighted by Gasteiger charge is -2.31. The molecule has 4 rings (SSSR count). The molecule has 3 aliphatic rings. The van der Waals surface area contributed by atoms with Crippen LogP contribution in [0.2, 0.25) is 37.3 Å². The second-order valence-corrected chi connectivity index (χ2v) is 18.3. The van der Waals surface area contributed by atoms with E-state index in [2.05, 4.69) is 31.2 Å². The molecule has 1 aromatic heterocycles. The summed E-state index contributed by atoms with van der Waals surface area (Å²) in [5.74, 6) is 0.159. The zero-order valence-electron chi connectivity index (χ0n) is 17.7. The third-order valence-corrected chi connectivity index (χ3v) is 13.5. The molecule has 4 atom stereocenters. The molecule has 0 spiro atoms. The number of anilines is 1. The summed E-state index contributed by atoms with van der Waals surface area (Å²) >= 11 is 0. The molecule has 10 heteroatoms. The van der Waals surface area contributed by atoms with E-state index in [1.807, 2.05) is 0 Å². The molecule has 1 aromatic rings. The second kappa shape index (κ2) is 7.58. The topological polar surface area (TPSA) is 109 Å². The minimum absolute atomic E-state index is 0.159. The molecule has 0 aromatic carbocycles. The Balaban J connectivity index is 1.55. The van der Waals surface area contributed by atoms with Crippen molar-refractivity contribution in [1.82, 2.24) is 9.55 Å². The fourth-order valence-electron chi connectivity index (χ4n) is 4.25. The average Bonchev–Trinajstić information content (AvgIpc) is 3.53. The minimum atomic E-state index is -2.01. The van der Waals surface area contributed by atoms with Crippen molar-refractivity contribution in [2.75, 3.05) is 12.3 Å². The van der Waals surface area contributed by atoms with Crippen LogP contribution in [0, 0.1) is 0 Å². The molecule has 1 saturated heterocycles. The van der Waals surface area contributed by atoms with Crippen molar-refractivity contribution < 1.29 is 18.7 Å². The van der Waals surface area contributed by atoms with E-state index in [-0.39, 0.29) is 5.82 Å². The first-order valence-corrected chi connectivity index (χ1v) is 16.6. The molecule has 2 saturated carbocycles. The van der Waals surface area contributed by atoms with Gasteiger partial charge in [0.2, 0.25) is 0 Å². The summed E-state index contributed by atoms with van der Waals surface area (Å²) in [4.78, 5) is 16.3. The summed E-state index contributed by atoms with van der Waals surface area (Å²) < 4.78 is 20.3. The van der Waals surface area contributed by atoms with Gasteiger partial charge in [-0.1, -0.05) is 25.7 Å². The van der Waals surface area contributed by atoms with Gasteiger partial charge in [-0.15, -0.1) is 0 Å². The Morgan fingerprint density at radius 3 is 2.41 bits per heavy atom. The Bertz CT molecular complexity index is 809. The Morgan fingerprint density at radius 2 is 1.83 bits per heavy atom.